The van der Waals surface area contributed by atoms with Gasteiger partial charge in [0.25, 0.3) is 0 Å². The van der Waals surface area contributed by atoms with Crippen molar-refractivity contribution >= 4 is 30.8 Å². The number of rotatable bonds is 5. The third-order valence-corrected chi connectivity index (χ3v) is 4.92. The molecule has 2 aliphatic rings. The Kier molecular flexibility index (Phi) is 9.13. The summed E-state index contributed by atoms with van der Waals surface area (Å²) in [4.78, 5) is 13.4. The van der Waals surface area contributed by atoms with Gasteiger partial charge in [-0.1, -0.05) is 18.2 Å². The molecule has 0 radical (unpaired) electrons. The fourth-order valence-electron chi connectivity index (χ4n) is 3.38. The van der Waals surface area contributed by atoms with Gasteiger partial charge >= 0.3 is 5.97 Å². The molecular weight excluding hydrogens is 379 g/mol. The number of nitrogens with one attached hydrogen (secondary N) is 1. The van der Waals surface area contributed by atoms with Crippen molar-refractivity contribution in [3.63, 3.8) is 0 Å². The van der Waals surface area contributed by atoms with Crippen molar-refractivity contribution in [2.45, 2.75) is 38.0 Å². The molecule has 2 aliphatic heterocycles. The molecule has 0 saturated carbocycles. The van der Waals surface area contributed by atoms with E-state index in [1.165, 1.54) is 0 Å². The van der Waals surface area contributed by atoms with Crippen LogP contribution in [-0.4, -0.2) is 60.5 Å². The normalized spacial score (nSPS) is 20.5. The highest BCUT2D eigenvalue weighted by Crippen LogP contribution is 2.29. The zero-order chi connectivity index (χ0) is 17.0. The van der Waals surface area contributed by atoms with Crippen LogP contribution in [-0.2, 0) is 16.1 Å². The molecule has 1 unspecified atom stereocenters. The van der Waals surface area contributed by atoms with Gasteiger partial charge in [0.05, 0.1) is 12.2 Å². The van der Waals surface area contributed by atoms with Gasteiger partial charge in [-0.05, 0) is 25.8 Å². The molecule has 0 bridgehead atoms. The number of hydrogen-bond acceptors (Lipinski definition) is 5. The van der Waals surface area contributed by atoms with Crippen LogP contribution in [0.3, 0.4) is 0 Å². The van der Waals surface area contributed by atoms with Gasteiger partial charge in [0.2, 0.25) is 0 Å². The van der Waals surface area contributed by atoms with Gasteiger partial charge < -0.3 is 19.9 Å². The number of likely N-dealkylation sites (tertiary alicyclic amines) is 1. The Hall–Kier alpha value is -1.05. The second kappa shape index (κ2) is 10.3. The molecule has 1 aromatic carbocycles. The van der Waals surface area contributed by atoms with Gasteiger partial charge in [0.1, 0.15) is 5.75 Å². The molecule has 3 rings (SSSR count). The number of hydrogen-bond donors (Lipinski definition) is 2. The maximum Gasteiger partial charge on any atom is 0.344 e. The number of nitrogens with zero attached hydrogens (tertiary/aromatic N) is 1. The van der Waals surface area contributed by atoms with Crippen LogP contribution in [0.5, 0.6) is 5.75 Å². The Morgan fingerprint density at radius 1 is 1.35 bits per heavy atom. The van der Waals surface area contributed by atoms with Crippen molar-refractivity contribution in [2.24, 2.45) is 0 Å². The second-order valence-corrected chi connectivity index (χ2v) is 6.69. The Balaban J connectivity index is 0.00000169. The van der Waals surface area contributed by atoms with Crippen LogP contribution >= 0.6 is 24.8 Å². The maximum absolute atomic E-state index is 11.0. The molecule has 2 heterocycles. The van der Waals surface area contributed by atoms with Gasteiger partial charge in [-0.15, -0.1) is 24.8 Å². The van der Waals surface area contributed by atoms with E-state index in [0.29, 0.717) is 5.75 Å². The van der Waals surface area contributed by atoms with Crippen LogP contribution in [0.2, 0.25) is 0 Å². The van der Waals surface area contributed by atoms with Crippen molar-refractivity contribution in [3.05, 3.63) is 29.8 Å². The smallest absolute Gasteiger partial charge is 0.344 e. The van der Waals surface area contributed by atoms with Crippen LogP contribution in [0.25, 0.3) is 0 Å². The summed E-state index contributed by atoms with van der Waals surface area (Å²) >= 11 is 0. The molecule has 1 aromatic rings. The molecule has 2 fully saturated rings. The number of aliphatic carboxylic acids is 1. The summed E-state index contributed by atoms with van der Waals surface area (Å²) in [6, 6.07) is 7.69. The molecule has 26 heavy (non-hydrogen) atoms. The lowest BCUT2D eigenvalue weighted by molar-refractivity contribution is -0.144. The van der Waals surface area contributed by atoms with E-state index in [1.54, 1.807) is 6.92 Å². The van der Waals surface area contributed by atoms with Crippen LogP contribution in [0.1, 0.15) is 25.3 Å². The Labute approximate surface area is 167 Å². The highest BCUT2D eigenvalue weighted by molar-refractivity contribution is 5.85. The number of morpholine rings is 1. The summed E-state index contributed by atoms with van der Waals surface area (Å²) in [6.07, 6.45) is 1.20. The highest BCUT2D eigenvalue weighted by Gasteiger charge is 2.36. The quantitative estimate of drug-likeness (QED) is 0.781. The Bertz CT molecular complexity index is 572. The predicted octanol–water partition coefficient (Wildman–Crippen LogP) is 2.34. The van der Waals surface area contributed by atoms with E-state index in [0.717, 1.165) is 57.7 Å². The lowest BCUT2D eigenvalue weighted by Gasteiger charge is -2.44. The highest BCUT2D eigenvalue weighted by atomic mass is 35.5. The Morgan fingerprint density at radius 3 is 2.65 bits per heavy atom. The van der Waals surface area contributed by atoms with Gasteiger partial charge in [0.15, 0.2) is 6.10 Å². The minimum Gasteiger partial charge on any atom is -0.479 e. The third-order valence-electron chi connectivity index (χ3n) is 4.92. The van der Waals surface area contributed by atoms with E-state index in [-0.39, 0.29) is 30.4 Å². The molecule has 148 valence electrons. The lowest BCUT2D eigenvalue weighted by atomic mass is 9.90. The minimum absolute atomic E-state index is 0. The fourth-order valence-corrected chi connectivity index (χ4v) is 3.38. The van der Waals surface area contributed by atoms with Gasteiger partial charge in [-0.3, -0.25) is 4.90 Å². The number of benzene rings is 1. The lowest BCUT2D eigenvalue weighted by Crippen LogP contribution is -2.55. The Morgan fingerprint density at radius 2 is 2.04 bits per heavy atom. The molecular formula is C18H28Cl2N2O4. The number of carboxylic acids is 1. The molecule has 1 spiro atoms. The number of carbonyl (C=O) groups is 1. The topological polar surface area (TPSA) is 71.0 Å². The van der Waals surface area contributed by atoms with Crippen molar-refractivity contribution in [1.29, 1.82) is 0 Å². The van der Waals surface area contributed by atoms with E-state index in [2.05, 4.69) is 10.2 Å². The number of carboxylic acid groups (broad SMARTS) is 1. The number of piperidine rings is 1. The van der Waals surface area contributed by atoms with Gasteiger partial charge in [0, 0.05) is 38.3 Å². The van der Waals surface area contributed by atoms with E-state index < -0.39 is 12.1 Å². The van der Waals surface area contributed by atoms with Crippen LogP contribution in [0, 0.1) is 0 Å². The summed E-state index contributed by atoms with van der Waals surface area (Å²) in [5, 5.41) is 12.5. The van der Waals surface area contributed by atoms with Crippen molar-refractivity contribution < 1.29 is 19.4 Å². The van der Waals surface area contributed by atoms with Crippen LogP contribution in [0.15, 0.2) is 24.3 Å². The molecule has 0 amide bonds. The zero-order valence-electron chi connectivity index (χ0n) is 15.0. The molecule has 2 saturated heterocycles. The van der Waals surface area contributed by atoms with E-state index >= 15 is 0 Å². The molecule has 0 aliphatic carbocycles. The van der Waals surface area contributed by atoms with Gasteiger partial charge in [-0.2, -0.15) is 0 Å². The van der Waals surface area contributed by atoms with Crippen LogP contribution < -0.4 is 10.1 Å². The maximum atomic E-state index is 11.0. The first kappa shape index (κ1) is 23.0. The standard InChI is InChI=1S/C18H26N2O4.2ClH/c1-14(17(21)22)24-16-5-3-2-4-15(16)12-20-9-6-18(7-10-20)13-19-8-11-23-18;;/h2-5,14,19H,6-13H2,1H3,(H,21,22);2*1H. The van der Waals surface area contributed by atoms with Crippen LogP contribution in [0.4, 0.5) is 0 Å². The SMILES string of the molecule is CC(Oc1ccccc1CN1CCC2(CC1)CNCCO2)C(=O)O.Cl.Cl. The molecule has 8 heteroatoms. The molecule has 0 aromatic heterocycles. The van der Waals surface area contributed by atoms with E-state index in [4.69, 9.17) is 14.6 Å². The van der Waals surface area contributed by atoms with Crippen molar-refractivity contribution in [2.75, 3.05) is 32.8 Å². The monoisotopic (exact) mass is 406 g/mol. The van der Waals surface area contributed by atoms with E-state index in [9.17, 15) is 4.79 Å². The third kappa shape index (κ3) is 5.72. The first-order chi connectivity index (χ1) is 11.6. The first-order valence-corrected chi connectivity index (χ1v) is 8.62. The number of para-hydroxylation sites is 1. The number of ether oxygens (including phenoxy) is 2. The summed E-state index contributed by atoms with van der Waals surface area (Å²) < 4.78 is 11.6. The fraction of sp³-hybridized carbons (Fsp3) is 0.611. The summed E-state index contributed by atoms with van der Waals surface area (Å²) in [5.74, 6) is -0.296. The average Bonchev–Trinajstić information content (AvgIpc) is 2.59. The van der Waals surface area contributed by atoms with Gasteiger partial charge in [-0.25, -0.2) is 4.79 Å². The van der Waals surface area contributed by atoms with Crippen molar-refractivity contribution in [3.8, 4) is 5.75 Å². The largest absolute Gasteiger partial charge is 0.479 e. The average molecular weight is 407 g/mol. The van der Waals surface area contributed by atoms with E-state index in [1.807, 2.05) is 24.3 Å². The second-order valence-electron chi connectivity index (χ2n) is 6.69. The predicted molar refractivity (Wildman–Crippen MR) is 105 cm³/mol. The summed E-state index contributed by atoms with van der Waals surface area (Å²) in [5.41, 5.74) is 1.03. The minimum atomic E-state index is -0.952. The number of halogens is 2. The molecule has 6 nitrogen and oxygen atoms in total. The first-order valence-electron chi connectivity index (χ1n) is 8.62. The molecule has 2 N–H and O–H groups in total. The summed E-state index contributed by atoms with van der Waals surface area (Å²) in [7, 11) is 0. The summed E-state index contributed by atoms with van der Waals surface area (Å²) in [6.45, 7) is 6.95. The van der Waals surface area contributed by atoms with Crippen molar-refractivity contribution in [1.82, 2.24) is 10.2 Å². The zero-order valence-corrected chi connectivity index (χ0v) is 16.6. The molecule has 1 atom stereocenters.